The van der Waals surface area contributed by atoms with E-state index in [1.165, 1.54) is 31.4 Å². The average molecular weight is 264 g/mol. The van der Waals surface area contributed by atoms with Crippen molar-refractivity contribution in [3.63, 3.8) is 0 Å². The summed E-state index contributed by atoms with van der Waals surface area (Å²) in [5.74, 6) is 2.15. The number of furan rings is 1. The molecule has 0 amide bonds. The van der Waals surface area contributed by atoms with Gasteiger partial charge in [0.15, 0.2) is 0 Å². The van der Waals surface area contributed by atoms with Gasteiger partial charge in [-0.3, -0.25) is 4.90 Å². The van der Waals surface area contributed by atoms with Gasteiger partial charge in [-0.2, -0.15) is 0 Å². The molecule has 0 aliphatic carbocycles. The van der Waals surface area contributed by atoms with Crippen LogP contribution in [0.25, 0.3) is 0 Å². The number of hydrogen-bond donors (Lipinski definition) is 1. The molecular formula is C16H28N2O. The van der Waals surface area contributed by atoms with E-state index in [-0.39, 0.29) is 0 Å². The van der Waals surface area contributed by atoms with Gasteiger partial charge in [0, 0.05) is 24.2 Å². The highest BCUT2D eigenvalue weighted by molar-refractivity contribution is 5.21. The fraction of sp³-hybridized carbons (Fsp3) is 0.750. The Morgan fingerprint density at radius 1 is 1.47 bits per heavy atom. The molecule has 1 saturated heterocycles. The Labute approximate surface area is 117 Å². The average Bonchev–Trinajstić information content (AvgIpc) is 2.95. The molecule has 3 heteroatoms. The summed E-state index contributed by atoms with van der Waals surface area (Å²) in [6.45, 7) is 11.8. The van der Waals surface area contributed by atoms with Gasteiger partial charge in [0.1, 0.15) is 11.5 Å². The lowest BCUT2D eigenvalue weighted by molar-refractivity contribution is 0.238. The van der Waals surface area contributed by atoms with E-state index in [1.807, 2.05) is 0 Å². The fourth-order valence-corrected chi connectivity index (χ4v) is 2.92. The minimum Gasteiger partial charge on any atom is -0.465 e. The summed E-state index contributed by atoms with van der Waals surface area (Å²) >= 11 is 0. The lowest BCUT2D eigenvalue weighted by Crippen LogP contribution is -2.28. The second-order valence-electron chi connectivity index (χ2n) is 6.00. The van der Waals surface area contributed by atoms with Crippen molar-refractivity contribution in [1.29, 1.82) is 0 Å². The van der Waals surface area contributed by atoms with E-state index in [9.17, 15) is 0 Å². The first kappa shape index (κ1) is 14.6. The first-order valence-electron chi connectivity index (χ1n) is 7.65. The molecule has 1 aliphatic rings. The van der Waals surface area contributed by atoms with Crippen molar-refractivity contribution in [1.82, 2.24) is 10.2 Å². The SMILES string of the molecule is CCC1CCCN1Cc1cc(CNC(C)C)oc1C. The zero-order valence-corrected chi connectivity index (χ0v) is 12.8. The van der Waals surface area contributed by atoms with Crippen LogP contribution in [0.4, 0.5) is 0 Å². The summed E-state index contributed by atoms with van der Waals surface area (Å²) in [4.78, 5) is 2.61. The highest BCUT2D eigenvalue weighted by atomic mass is 16.3. The minimum absolute atomic E-state index is 0.497. The third-order valence-electron chi connectivity index (χ3n) is 4.10. The van der Waals surface area contributed by atoms with Crippen LogP contribution in [0.3, 0.4) is 0 Å². The highest BCUT2D eigenvalue weighted by Gasteiger charge is 2.23. The van der Waals surface area contributed by atoms with Gasteiger partial charge in [-0.1, -0.05) is 20.8 Å². The molecule has 0 saturated carbocycles. The third kappa shape index (κ3) is 3.83. The Kier molecular flexibility index (Phi) is 5.06. The van der Waals surface area contributed by atoms with Crippen LogP contribution in [0.2, 0.25) is 0 Å². The third-order valence-corrected chi connectivity index (χ3v) is 4.10. The Morgan fingerprint density at radius 2 is 2.26 bits per heavy atom. The van der Waals surface area contributed by atoms with Gasteiger partial charge >= 0.3 is 0 Å². The molecule has 1 aromatic rings. The van der Waals surface area contributed by atoms with E-state index in [4.69, 9.17) is 4.42 Å². The van der Waals surface area contributed by atoms with Crippen LogP contribution in [-0.4, -0.2) is 23.5 Å². The molecule has 1 unspecified atom stereocenters. The van der Waals surface area contributed by atoms with Gasteiger partial charge in [0.05, 0.1) is 6.54 Å². The maximum absolute atomic E-state index is 5.86. The molecule has 2 rings (SSSR count). The molecule has 19 heavy (non-hydrogen) atoms. The summed E-state index contributed by atoms with van der Waals surface area (Å²) in [6.07, 6.45) is 3.96. The molecule has 0 spiro atoms. The number of rotatable bonds is 6. The lowest BCUT2D eigenvalue weighted by Gasteiger charge is -2.22. The summed E-state index contributed by atoms with van der Waals surface area (Å²) in [5.41, 5.74) is 1.36. The Balaban J connectivity index is 1.96. The predicted molar refractivity (Wildman–Crippen MR) is 79.1 cm³/mol. The largest absolute Gasteiger partial charge is 0.465 e. The first-order chi connectivity index (χ1) is 9.10. The normalized spacial score (nSPS) is 20.6. The highest BCUT2D eigenvalue weighted by Crippen LogP contribution is 2.24. The monoisotopic (exact) mass is 264 g/mol. The number of aryl methyl sites for hydroxylation is 1. The summed E-state index contributed by atoms with van der Waals surface area (Å²) in [7, 11) is 0. The van der Waals surface area contributed by atoms with Crippen LogP contribution < -0.4 is 5.32 Å². The van der Waals surface area contributed by atoms with Crippen molar-refractivity contribution in [3.05, 3.63) is 23.2 Å². The zero-order chi connectivity index (χ0) is 13.8. The molecule has 2 heterocycles. The molecule has 3 nitrogen and oxygen atoms in total. The quantitative estimate of drug-likeness (QED) is 0.853. The number of hydrogen-bond acceptors (Lipinski definition) is 3. The maximum atomic E-state index is 5.86. The smallest absolute Gasteiger partial charge is 0.118 e. The van der Waals surface area contributed by atoms with Crippen molar-refractivity contribution in [2.75, 3.05) is 6.54 Å². The van der Waals surface area contributed by atoms with E-state index < -0.39 is 0 Å². The Bertz CT molecular complexity index is 397. The first-order valence-corrected chi connectivity index (χ1v) is 7.65. The summed E-state index contributed by atoms with van der Waals surface area (Å²) < 4.78 is 5.86. The molecule has 1 atom stereocenters. The van der Waals surface area contributed by atoms with E-state index in [0.29, 0.717) is 6.04 Å². The van der Waals surface area contributed by atoms with Gasteiger partial charge in [0.2, 0.25) is 0 Å². The molecule has 108 valence electrons. The summed E-state index contributed by atoms with van der Waals surface area (Å²) in [5, 5.41) is 3.41. The van der Waals surface area contributed by atoms with Crippen LogP contribution in [-0.2, 0) is 13.1 Å². The molecule has 0 aromatic carbocycles. The number of nitrogens with one attached hydrogen (secondary N) is 1. The van der Waals surface area contributed by atoms with Crippen LogP contribution in [0.5, 0.6) is 0 Å². The van der Waals surface area contributed by atoms with Crippen molar-refractivity contribution in [2.24, 2.45) is 0 Å². The van der Waals surface area contributed by atoms with E-state index in [1.54, 1.807) is 0 Å². The van der Waals surface area contributed by atoms with Gasteiger partial charge in [-0.05, 0) is 38.8 Å². The van der Waals surface area contributed by atoms with Gasteiger partial charge in [-0.15, -0.1) is 0 Å². The van der Waals surface area contributed by atoms with Crippen molar-refractivity contribution >= 4 is 0 Å². The van der Waals surface area contributed by atoms with Gasteiger partial charge < -0.3 is 9.73 Å². The van der Waals surface area contributed by atoms with Crippen LogP contribution in [0.1, 0.15) is 57.1 Å². The van der Waals surface area contributed by atoms with Crippen molar-refractivity contribution in [3.8, 4) is 0 Å². The summed E-state index contributed by atoms with van der Waals surface area (Å²) in [6, 6.07) is 3.50. The van der Waals surface area contributed by atoms with E-state index in [0.717, 1.165) is 30.7 Å². The standard InChI is InChI=1S/C16H28N2O/c1-5-15-7-6-8-18(15)11-14-9-16(19-13(14)4)10-17-12(2)3/h9,12,15,17H,5-8,10-11H2,1-4H3. The minimum atomic E-state index is 0.497. The molecule has 1 fully saturated rings. The van der Waals surface area contributed by atoms with Crippen LogP contribution in [0.15, 0.2) is 10.5 Å². The Hall–Kier alpha value is -0.800. The Morgan fingerprint density at radius 3 is 2.95 bits per heavy atom. The van der Waals surface area contributed by atoms with Crippen LogP contribution in [0, 0.1) is 6.92 Å². The molecule has 0 bridgehead atoms. The molecule has 0 radical (unpaired) electrons. The molecular weight excluding hydrogens is 236 g/mol. The van der Waals surface area contributed by atoms with Crippen molar-refractivity contribution < 1.29 is 4.42 Å². The maximum Gasteiger partial charge on any atom is 0.118 e. The molecule has 1 aliphatic heterocycles. The molecule has 1 N–H and O–H groups in total. The van der Waals surface area contributed by atoms with E-state index >= 15 is 0 Å². The second kappa shape index (κ2) is 6.58. The van der Waals surface area contributed by atoms with E-state index in [2.05, 4.69) is 44.0 Å². The predicted octanol–water partition coefficient (Wildman–Crippen LogP) is 3.46. The van der Waals surface area contributed by atoms with Gasteiger partial charge in [0.25, 0.3) is 0 Å². The topological polar surface area (TPSA) is 28.4 Å². The lowest BCUT2D eigenvalue weighted by atomic mass is 10.1. The fourth-order valence-electron chi connectivity index (χ4n) is 2.92. The zero-order valence-electron chi connectivity index (χ0n) is 12.8. The number of likely N-dealkylation sites (tertiary alicyclic amines) is 1. The second-order valence-corrected chi connectivity index (χ2v) is 6.00. The van der Waals surface area contributed by atoms with Gasteiger partial charge in [-0.25, -0.2) is 0 Å². The van der Waals surface area contributed by atoms with Crippen molar-refractivity contribution in [2.45, 2.75) is 72.1 Å². The number of nitrogens with zero attached hydrogens (tertiary/aromatic N) is 1. The molecule has 1 aromatic heterocycles. The van der Waals surface area contributed by atoms with Crippen LogP contribution >= 0.6 is 0 Å².